The molecule has 1 aromatic rings. The molecule has 3 rings (SSSR count). The highest BCUT2D eigenvalue weighted by Crippen LogP contribution is 2.19. The molecule has 3 amide bonds. The van der Waals surface area contributed by atoms with Crippen molar-refractivity contribution in [2.75, 3.05) is 37.0 Å². The van der Waals surface area contributed by atoms with Gasteiger partial charge < -0.3 is 31.2 Å². The molecule has 0 aliphatic carbocycles. The second-order valence-corrected chi connectivity index (χ2v) is 7.01. The van der Waals surface area contributed by atoms with Gasteiger partial charge in [-0.3, -0.25) is 4.79 Å². The van der Waals surface area contributed by atoms with Crippen LogP contribution in [0.1, 0.15) is 25.7 Å². The number of amides is 3. The summed E-state index contributed by atoms with van der Waals surface area (Å²) in [5, 5.41) is 8.40. The number of anilines is 2. The van der Waals surface area contributed by atoms with Gasteiger partial charge in [0.25, 0.3) is 0 Å². The van der Waals surface area contributed by atoms with Crippen LogP contribution in [0.25, 0.3) is 0 Å². The van der Waals surface area contributed by atoms with E-state index in [0.29, 0.717) is 31.1 Å². The molecule has 2 atom stereocenters. The molecule has 148 valence electrons. The molecule has 0 saturated carbocycles. The van der Waals surface area contributed by atoms with Crippen LogP contribution in [0.4, 0.5) is 16.2 Å². The molecule has 5 N–H and O–H groups in total. The zero-order valence-electron chi connectivity index (χ0n) is 15.4. The lowest BCUT2D eigenvalue weighted by Crippen LogP contribution is -2.44. The number of urea groups is 1. The van der Waals surface area contributed by atoms with E-state index >= 15 is 0 Å². The number of hydrogen-bond donors (Lipinski definition) is 4. The van der Waals surface area contributed by atoms with Gasteiger partial charge in [0.1, 0.15) is 0 Å². The van der Waals surface area contributed by atoms with E-state index in [-0.39, 0.29) is 24.0 Å². The first-order valence-corrected chi connectivity index (χ1v) is 9.52. The second-order valence-electron chi connectivity index (χ2n) is 7.01. The first-order chi connectivity index (χ1) is 13.1. The van der Waals surface area contributed by atoms with Gasteiger partial charge in [-0.15, -0.1) is 0 Å². The Morgan fingerprint density at radius 2 is 1.70 bits per heavy atom. The smallest absolute Gasteiger partial charge is 0.319 e. The molecule has 2 unspecified atom stereocenters. The Morgan fingerprint density at radius 3 is 2.33 bits per heavy atom. The summed E-state index contributed by atoms with van der Waals surface area (Å²) in [6, 6.07) is 6.14. The summed E-state index contributed by atoms with van der Waals surface area (Å²) in [4.78, 5) is 24.2. The fourth-order valence-electron chi connectivity index (χ4n) is 3.34. The fourth-order valence-corrected chi connectivity index (χ4v) is 3.34. The van der Waals surface area contributed by atoms with Crippen molar-refractivity contribution in [1.82, 2.24) is 5.32 Å². The summed E-state index contributed by atoms with van der Waals surface area (Å²) in [5.41, 5.74) is 7.37. The van der Waals surface area contributed by atoms with Crippen LogP contribution < -0.4 is 21.7 Å². The number of ether oxygens (including phenoxy) is 2. The maximum absolute atomic E-state index is 12.3. The molecular formula is C19H28N4O4. The molecular weight excluding hydrogens is 348 g/mol. The van der Waals surface area contributed by atoms with Gasteiger partial charge >= 0.3 is 6.03 Å². The Bertz CT molecular complexity index is 625. The van der Waals surface area contributed by atoms with E-state index < -0.39 is 6.04 Å². The van der Waals surface area contributed by atoms with Crippen molar-refractivity contribution in [3.8, 4) is 0 Å². The molecule has 27 heavy (non-hydrogen) atoms. The van der Waals surface area contributed by atoms with Gasteiger partial charge in [-0.25, -0.2) is 4.79 Å². The molecule has 2 fully saturated rings. The van der Waals surface area contributed by atoms with Crippen molar-refractivity contribution in [1.29, 1.82) is 0 Å². The number of carbonyl (C=O) groups is 2. The lowest BCUT2D eigenvalue weighted by molar-refractivity contribution is -0.119. The maximum Gasteiger partial charge on any atom is 0.319 e. The highest BCUT2D eigenvalue weighted by molar-refractivity contribution is 5.95. The highest BCUT2D eigenvalue weighted by Gasteiger charge is 2.26. The van der Waals surface area contributed by atoms with Gasteiger partial charge in [0.15, 0.2) is 0 Å². The van der Waals surface area contributed by atoms with Gasteiger partial charge in [-0.1, -0.05) is 0 Å². The molecule has 0 aromatic heterocycles. The first-order valence-electron chi connectivity index (χ1n) is 9.52. The summed E-state index contributed by atoms with van der Waals surface area (Å²) in [5.74, 6) is -0.0517. The van der Waals surface area contributed by atoms with Gasteiger partial charge in [0.2, 0.25) is 5.91 Å². The third-order valence-corrected chi connectivity index (χ3v) is 5.00. The van der Waals surface area contributed by atoms with E-state index in [1.165, 1.54) is 0 Å². The number of nitrogens with two attached hydrogens (primary N) is 1. The minimum atomic E-state index is -0.546. The standard InChI is InChI=1S/C19H28N4O4/c20-17(13-7-10-26-11-8-13)18(24)22-14-3-5-15(6-4-14)23-19(25)21-12-16-2-1-9-27-16/h3-6,13,16-17H,1-2,7-12,20H2,(H,22,24)(H2,21,23,25). The van der Waals surface area contributed by atoms with Gasteiger partial charge in [0.05, 0.1) is 12.1 Å². The van der Waals surface area contributed by atoms with Crippen molar-refractivity contribution in [3.05, 3.63) is 24.3 Å². The number of nitrogens with one attached hydrogen (secondary N) is 3. The molecule has 8 nitrogen and oxygen atoms in total. The summed E-state index contributed by atoms with van der Waals surface area (Å²) < 4.78 is 10.8. The summed E-state index contributed by atoms with van der Waals surface area (Å²) in [6.45, 7) is 2.57. The predicted molar refractivity (Wildman–Crippen MR) is 103 cm³/mol. The summed E-state index contributed by atoms with van der Waals surface area (Å²) in [6.07, 6.45) is 3.73. The van der Waals surface area contributed by atoms with Crippen LogP contribution in [0.2, 0.25) is 0 Å². The van der Waals surface area contributed by atoms with Crippen LogP contribution in [-0.2, 0) is 14.3 Å². The van der Waals surface area contributed by atoms with Crippen molar-refractivity contribution in [3.63, 3.8) is 0 Å². The maximum atomic E-state index is 12.3. The minimum absolute atomic E-state index is 0.105. The Labute approximate surface area is 159 Å². The second kappa shape index (κ2) is 9.68. The minimum Gasteiger partial charge on any atom is -0.381 e. The topological polar surface area (TPSA) is 115 Å². The molecule has 2 saturated heterocycles. The Hall–Kier alpha value is -2.16. The predicted octanol–water partition coefficient (Wildman–Crippen LogP) is 1.68. The summed E-state index contributed by atoms with van der Waals surface area (Å²) in [7, 11) is 0. The van der Waals surface area contributed by atoms with E-state index in [9.17, 15) is 9.59 Å². The molecule has 2 aliphatic heterocycles. The van der Waals surface area contributed by atoms with Gasteiger partial charge in [-0.05, 0) is 55.9 Å². The molecule has 0 radical (unpaired) electrons. The number of rotatable bonds is 6. The fraction of sp³-hybridized carbons (Fsp3) is 0.579. The number of carbonyl (C=O) groups excluding carboxylic acids is 2. The quantitative estimate of drug-likeness (QED) is 0.603. The van der Waals surface area contributed by atoms with Crippen LogP contribution in [0, 0.1) is 5.92 Å². The van der Waals surface area contributed by atoms with Crippen LogP contribution in [0.5, 0.6) is 0 Å². The molecule has 8 heteroatoms. The third-order valence-electron chi connectivity index (χ3n) is 5.00. The van der Waals surface area contributed by atoms with Crippen molar-refractivity contribution >= 4 is 23.3 Å². The average Bonchev–Trinajstić information content (AvgIpc) is 3.21. The average molecular weight is 376 g/mol. The lowest BCUT2D eigenvalue weighted by Gasteiger charge is -2.26. The third kappa shape index (κ3) is 5.92. The van der Waals surface area contributed by atoms with Crippen LogP contribution >= 0.6 is 0 Å². The van der Waals surface area contributed by atoms with E-state index in [1.54, 1.807) is 24.3 Å². The first kappa shape index (κ1) is 19.6. The lowest BCUT2D eigenvalue weighted by atomic mass is 9.92. The monoisotopic (exact) mass is 376 g/mol. The Morgan fingerprint density at radius 1 is 1.04 bits per heavy atom. The molecule has 0 bridgehead atoms. The normalized spacial score (nSPS) is 21.4. The number of benzene rings is 1. The summed E-state index contributed by atoms with van der Waals surface area (Å²) >= 11 is 0. The Kier molecular flexibility index (Phi) is 7.03. The molecule has 2 aliphatic rings. The highest BCUT2D eigenvalue weighted by atomic mass is 16.5. The van der Waals surface area contributed by atoms with E-state index in [4.69, 9.17) is 15.2 Å². The van der Waals surface area contributed by atoms with Crippen molar-refractivity contribution in [2.45, 2.75) is 37.8 Å². The van der Waals surface area contributed by atoms with Gasteiger partial charge in [0, 0.05) is 37.7 Å². The zero-order chi connectivity index (χ0) is 19.1. The van der Waals surface area contributed by atoms with Crippen LogP contribution in [-0.4, -0.2) is 50.4 Å². The number of hydrogen-bond acceptors (Lipinski definition) is 5. The largest absolute Gasteiger partial charge is 0.381 e. The van der Waals surface area contributed by atoms with Gasteiger partial charge in [-0.2, -0.15) is 0 Å². The molecule has 1 aromatic carbocycles. The molecule has 0 spiro atoms. The van der Waals surface area contributed by atoms with Crippen molar-refractivity contribution in [2.24, 2.45) is 11.7 Å². The zero-order valence-corrected chi connectivity index (χ0v) is 15.4. The van der Waals surface area contributed by atoms with E-state index in [0.717, 1.165) is 32.3 Å². The molecule has 2 heterocycles. The Balaban J connectivity index is 1.43. The van der Waals surface area contributed by atoms with Crippen molar-refractivity contribution < 1.29 is 19.1 Å². The van der Waals surface area contributed by atoms with E-state index in [2.05, 4.69) is 16.0 Å². The SMILES string of the molecule is NC(C(=O)Nc1ccc(NC(=O)NCC2CCCO2)cc1)C1CCOCC1. The van der Waals surface area contributed by atoms with Crippen LogP contribution in [0.3, 0.4) is 0 Å². The van der Waals surface area contributed by atoms with Crippen LogP contribution in [0.15, 0.2) is 24.3 Å². The van der Waals surface area contributed by atoms with E-state index in [1.807, 2.05) is 0 Å².